The van der Waals surface area contributed by atoms with Gasteiger partial charge in [-0.15, -0.1) is 0 Å². The molecule has 1 rings (SSSR count). The lowest BCUT2D eigenvalue weighted by atomic mass is 10.1. The first-order chi connectivity index (χ1) is 19.8. The average Bonchev–Trinajstić information content (AvgIpc) is 3.23. The van der Waals surface area contributed by atoms with Gasteiger partial charge in [-0.05, 0) is 60.8 Å². The minimum Gasteiger partial charge on any atom is -0.373 e. The molecule has 1 aliphatic heterocycles. The molecule has 0 aliphatic carbocycles. The van der Waals surface area contributed by atoms with Crippen molar-refractivity contribution in [3.63, 3.8) is 0 Å². The third kappa shape index (κ3) is 15.4. The third-order valence-corrected chi connectivity index (χ3v) is 9.24. The highest BCUT2D eigenvalue weighted by atomic mass is 31.2. The van der Waals surface area contributed by atoms with Crippen molar-refractivity contribution < 1.29 is 24.7 Å². The Morgan fingerprint density at radius 1 is 0.975 bits per heavy atom. The normalized spacial score (nSPS) is 22.1. The van der Waals surface area contributed by atoms with Gasteiger partial charge < -0.3 is 28.7 Å². The fourth-order valence-corrected chi connectivity index (χ4v) is 6.78. The van der Waals surface area contributed by atoms with Crippen LogP contribution in [0.2, 0.25) is 0 Å². The van der Waals surface area contributed by atoms with Crippen LogP contribution in [0.1, 0.15) is 127 Å². The molecule has 234 valence electrons. The Balaban J connectivity index is 2.41. The molecule has 1 fully saturated rings. The molecule has 0 bridgehead atoms. The van der Waals surface area contributed by atoms with Gasteiger partial charge in [-0.2, -0.15) is 0 Å². The summed E-state index contributed by atoms with van der Waals surface area (Å²) < 4.78 is 35.3. The zero-order chi connectivity index (χ0) is 30.5. The number of unbranched alkanes of at least 4 members (excludes halogenated alkanes) is 9. The Bertz CT molecular complexity index is 704. The number of carbonyl (C=O) groups is 1. The van der Waals surface area contributed by atoms with Crippen LogP contribution in [0.15, 0.2) is 0 Å². The standard InChI is InChI=1S/C31H60N3O5P/c1-9-10-11-12-13-14-17-20-29(35)33-21-18-15-16-19-23-36-30-27(6)38-28(7)31(30)39-40(37-24-22-32-8)34(25(2)3)26(4)5/h25-28,30-31H,9-24H2,1-7H3,(H,33,35)/t27-,28?,30-,31+,40?/m0/s1/i7D. The number of amides is 1. The van der Waals surface area contributed by atoms with E-state index in [4.69, 9.17) is 26.5 Å². The quantitative estimate of drug-likeness (QED) is 0.0711. The summed E-state index contributed by atoms with van der Waals surface area (Å²) in [5, 5.41) is 3.06. The van der Waals surface area contributed by atoms with Gasteiger partial charge in [0.1, 0.15) is 18.8 Å². The molecule has 0 aromatic heterocycles. The van der Waals surface area contributed by atoms with Crippen LogP contribution in [-0.2, 0) is 23.3 Å². The highest BCUT2D eigenvalue weighted by Gasteiger charge is 2.45. The van der Waals surface area contributed by atoms with Gasteiger partial charge in [0, 0.05) is 33.0 Å². The number of hydrogen-bond donors (Lipinski definition) is 1. The van der Waals surface area contributed by atoms with Gasteiger partial charge in [-0.3, -0.25) is 4.79 Å². The molecule has 2 unspecified atom stereocenters. The summed E-state index contributed by atoms with van der Waals surface area (Å²) in [6.45, 7) is 21.8. The molecule has 40 heavy (non-hydrogen) atoms. The summed E-state index contributed by atoms with van der Waals surface area (Å²) in [4.78, 5) is 15.5. The van der Waals surface area contributed by atoms with Crippen LogP contribution in [0.25, 0.3) is 4.85 Å². The van der Waals surface area contributed by atoms with E-state index in [0.717, 1.165) is 45.1 Å². The van der Waals surface area contributed by atoms with Crippen LogP contribution < -0.4 is 5.32 Å². The zero-order valence-electron chi connectivity index (χ0n) is 27.4. The van der Waals surface area contributed by atoms with E-state index in [-0.39, 0.29) is 49.7 Å². The topological polar surface area (TPSA) is 73.6 Å². The average molecular weight is 587 g/mol. The summed E-state index contributed by atoms with van der Waals surface area (Å²) in [6, 6.07) is 0.403. The van der Waals surface area contributed by atoms with E-state index in [0.29, 0.717) is 19.6 Å². The lowest BCUT2D eigenvalue weighted by Crippen LogP contribution is -2.39. The van der Waals surface area contributed by atoms with Crippen molar-refractivity contribution in [3.8, 4) is 0 Å². The molecule has 0 radical (unpaired) electrons. The van der Waals surface area contributed by atoms with Crippen molar-refractivity contribution in [2.24, 2.45) is 0 Å². The minimum absolute atomic E-state index is 0.0914. The van der Waals surface area contributed by atoms with Crippen LogP contribution in [0.3, 0.4) is 0 Å². The first kappa shape index (κ1) is 35.4. The third-order valence-electron chi connectivity index (χ3n) is 7.12. The van der Waals surface area contributed by atoms with Crippen molar-refractivity contribution in [3.05, 3.63) is 11.4 Å². The van der Waals surface area contributed by atoms with E-state index in [1.54, 1.807) is 0 Å². The number of ether oxygens (including phenoxy) is 2. The highest BCUT2D eigenvalue weighted by molar-refractivity contribution is 7.44. The first-order valence-electron chi connectivity index (χ1n) is 16.5. The summed E-state index contributed by atoms with van der Waals surface area (Å²) >= 11 is 0. The first-order valence-corrected chi connectivity index (χ1v) is 16.9. The lowest BCUT2D eigenvalue weighted by Gasteiger charge is -2.37. The number of carbonyl (C=O) groups excluding carboxylic acids is 1. The van der Waals surface area contributed by atoms with E-state index >= 15 is 0 Å². The van der Waals surface area contributed by atoms with Crippen molar-refractivity contribution >= 4 is 14.4 Å². The monoisotopic (exact) mass is 586 g/mol. The van der Waals surface area contributed by atoms with Gasteiger partial charge in [0.25, 0.3) is 8.53 Å². The molecule has 1 amide bonds. The molecule has 0 saturated carbocycles. The summed E-state index contributed by atoms with van der Waals surface area (Å²) in [7, 11) is -1.43. The summed E-state index contributed by atoms with van der Waals surface area (Å²) in [5.41, 5.74) is 0. The van der Waals surface area contributed by atoms with Gasteiger partial charge in [0.15, 0.2) is 0 Å². The molecule has 1 aliphatic rings. The molecule has 1 saturated heterocycles. The van der Waals surface area contributed by atoms with E-state index in [1.165, 1.54) is 32.1 Å². The number of nitrogens with zero attached hydrogens (tertiary/aromatic N) is 2. The van der Waals surface area contributed by atoms with Crippen molar-refractivity contribution in [2.45, 2.75) is 162 Å². The Kier molecular flexibility index (Phi) is 20.1. The zero-order valence-corrected chi connectivity index (χ0v) is 27.3. The molecule has 5 atom stereocenters. The maximum atomic E-state index is 12.0. The van der Waals surface area contributed by atoms with Gasteiger partial charge in [0.2, 0.25) is 12.5 Å². The van der Waals surface area contributed by atoms with Gasteiger partial charge in [-0.25, -0.2) is 11.2 Å². The summed E-state index contributed by atoms with van der Waals surface area (Å²) in [6.07, 6.45) is 12.0. The van der Waals surface area contributed by atoms with Gasteiger partial charge in [0.05, 0.1) is 12.2 Å². The second-order valence-corrected chi connectivity index (χ2v) is 12.8. The molecule has 0 aromatic rings. The smallest absolute Gasteiger partial charge is 0.259 e. The lowest BCUT2D eigenvalue weighted by molar-refractivity contribution is -0.121. The van der Waals surface area contributed by atoms with Crippen molar-refractivity contribution in [2.75, 3.05) is 26.3 Å². The summed E-state index contributed by atoms with van der Waals surface area (Å²) in [5.74, 6) is 0.179. The molecular weight excluding hydrogens is 525 g/mol. The Morgan fingerprint density at radius 3 is 2.27 bits per heavy atom. The van der Waals surface area contributed by atoms with Crippen LogP contribution in [0.5, 0.6) is 0 Å². The van der Waals surface area contributed by atoms with Crippen LogP contribution in [0.4, 0.5) is 0 Å². The van der Waals surface area contributed by atoms with Crippen LogP contribution in [0, 0.1) is 6.57 Å². The van der Waals surface area contributed by atoms with E-state index in [9.17, 15) is 4.79 Å². The Hall–Kier alpha value is -0.810. The predicted octanol–water partition coefficient (Wildman–Crippen LogP) is 7.66. The highest BCUT2D eigenvalue weighted by Crippen LogP contribution is 2.49. The van der Waals surface area contributed by atoms with Gasteiger partial charge in [-0.1, -0.05) is 58.3 Å². The fourth-order valence-electron chi connectivity index (χ4n) is 5.02. The molecule has 9 heteroatoms. The molecular formula is C31H60N3O5P. The molecule has 1 N–H and O–H groups in total. The Labute approximate surface area is 248 Å². The van der Waals surface area contributed by atoms with Crippen LogP contribution in [-0.4, -0.2) is 73.4 Å². The SMILES string of the molecule is [2H]CC1O[C@@H](C)[C@H](OCCCCCCNC(=O)CCCCCCCCC)[C@@H]1OP(OCC[N+]#[C-])N(C(C)C)C(C)C. The van der Waals surface area contributed by atoms with E-state index in [1.807, 2.05) is 6.92 Å². The maximum Gasteiger partial charge on any atom is 0.259 e. The fraction of sp³-hybridized carbons (Fsp3) is 0.935. The maximum absolute atomic E-state index is 12.0. The number of rotatable bonds is 24. The number of hydrogen-bond acceptors (Lipinski definition) is 6. The second-order valence-electron chi connectivity index (χ2n) is 11.4. The van der Waals surface area contributed by atoms with Crippen molar-refractivity contribution in [1.82, 2.24) is 9.99 Å². The largest absolute Gasteiger partial charge is 0.373 e. The van der Waals surface area contributed by atoms with E-state index < -0.39 is 14.6 Å². The van der Waals surface area contributed by atoms with Gasteiger partial charge >= 0.3 is 0 Å². The molecule has 0 aromatic carbocycles. The van der Waals surface area contributed by atoms with Crippen LogP contribution >= 0.6 is 8.53 Å². The molecule has 1 heterocycles. The second kappa shape index (κ2) is 22.7. The molecule has 8 nitrogen and oxygen atoms in total. The predicted molar refractivity (Wildman–Crippen MR) is 165 cm³/mol. The van der Waals surface area contributed by atoms with Crippen molar-refractivity contribution in [1.29, 1.82) is 0 Å². The Morgan fingerprint density at radius 2 is 1.62 bits per heavy atom. The van der Waals surface area contributed by atoms with E-state index in [2.05, 4.69) is 49.5 Å². The molecule has 0 spiro atoms. The number of nitrogens with one attached hydrogen (secondary N) is 1. The minimum atomic E-state index is -1.43.